The molecule has 1 unspecified atom stereocenters. The molecule has 3 N–H and O–H groups in total. The lowest BCUT2D eigenvalue weighted by atomic mass is 10.2. The minimum absolute atomic E-state index is 0. The van der Waals surface area contributed by atoms with Gasteiger partial charge in [0.1, 0.15) is 0 Å². The highest BCUT2D eigenvalue weighted by molar-refractivity contribution is 14.0. The third-order valence-electron chi connectivity index (χ3n) is 3.84. The second-order valence-electron chi connectivity index (χ2n) is 5.66. The fourth-order valence-electron chi connectivity index (χ4n) is 2.71. The van der Waals surface area contributed by atoms with E-state index in [1.807, 2.05) is 48.2 Å². The van der Waals surface area contributed by atoms with E-state index in [1.165, 1.54) is 0 Å². The number of nitrogens with zero attached hydrogens (tertiary/aromatic N) is 3. The first-order valence-corrected chi connectivity index (χ1v) is 8.14. The summed E-state index contributed by atoms with van der Waals surface area (Å²) in [6.07, 6.45) is 2.17. The van der Waals surface area contributed by atoms with Crippen LogP contribution in [0, 0.1) is 0 Å². The number of H-pyrrole nitrogens is 1. The van der Waals surface area contributed by atoms with E-state index in [4.69, 9.17) is 0 Å². The predicted molar refractivity (Wildman–Crippen MR) is 109 cm³/mol. The maximum Gasteiger partial charge on any atom is 0.229 e. The van der Waals surface area contributed by atoms with Gasteiger partial charge in [-0.2, -0.15) is 5.10 Å². The normalized spacial score (nSPS) is 17.3. The van der Waals surface area contributed by atoms with Crippen LogP contribution < -0.4 is 15.5 Å². The van der Waals surface area contributed by atoms with Crippen LogP contribution in [0.2, 0.25) is 0 Å². The van der Waals surface area contributed by atoms with Crippen LogP contribution in [0.25, 0.3) is 0 Å². The molecule has 1 saturated heterocycles. The number of carbonyl (C=O) groups excluding carboxylic acids is 1. The fraction of sp³-hybridized carbons (Fsp3) is 0.353. The van der Waals surface area contributed by atoms with Gasteiger partial charge in [0.2, 0.25) is 5.91 Å². The molecule has 8 heteroatoms. The Morgan fingerprint density at radius 1 is 1.36 bits per heavy atom. The third-order valence-corrected chi connectivity index (χ3v) is 3.84. The molecule has 0 bridgehead atoms. The first-order chi connectivity index (χ1) is 11.8. The quantitative estimate of drug-likeness (QED) is 0.366. The molecule has 1 aliphatic rings. The zero-order valence-corrected chi connectivity index (χ0v) is 16.4. The van der Waals surface area contributed by atoms with Crippen LogP contribution in [0.5, 0.6) is 0 Å². The highest BCUT2D eigenvalue weighted by Crippen LogP contribution is 2.20. The van der Waals surface area contributed by atoms with E-state index in [1.54, 1.807) is 6.20 Å². The summed E-state index contributed by atoms with van der Waals surface area (Å²) in [4.78, 5) is 18.6. The lowest BCUT2D eigenvalue weighted by Gasteiger charge is -2.18. The molecule has 1 atom stereocenters. The minimum atomic E-state index is 0. The molecular weight excluding hydrogens is 431 g/mol. The number of aromatic amines is 1. The second kappa shape index (κ2) is 9.40. The molecular formula is C17H23IN6O. The summed E-state index contributed by atoms with van der Waals surface area (Å²) in [5.74, 6) is 0.836. The number of rotatable bonds is 5. The topological polar surface area (TPSA) is 85.4 Å². The molecule has 1 aliphatic heterocycles. The van der Waals surface area contributed by atoms with Crippen molar-refractivity contribution in [1.82, 2.24) is 20.8 Å². The molecule has 0 saturated carbocycles. The van der Waals surface area contributed by atoms with E-state index in [0.29, 0.717) is 25.5 Å². The van der Waals surface area contributed by atoms with Crippen molar-refractivity contribution < 1.29 is 4.79 Å². The number of hydrogen-bond donors (Lipinski definition) is 3. The number of anilines is 1. The molecule has 7 nitrogen and oxygen atoms in total. The van der Waals surface area contributed by atoms with Crippen LogP contribution in [0.15, 0.2) is 47.6 Å². The monoisotopic (exact) mass is 454 g/mol. The van der Waals surface area contributed by atoms with Crippen molar-refractivity contribution in [2.75, 3.05) is 18.0 Å². The zero-order chi connectivity index (χ0) is 16.8. The number of hydrogen-bond acceptors (Lipinski definition) is 3. The van der Waals surface area contributed by atoms with Crippen LogP contribution in [0.1, 0.15) is 19.0 Å². The SMILES string of the molecule is CCNC(=NCc1ccn[nH]1)NC1CC(=O)N(c2ccccc2)C1.I. The molecule has 0 spiro atoms. The van der Waals surface area contributed by atoms with Crippen molar-refractivity contribution >= 4 is 41.5 Å². The van der Waals surface area contributed by atoms with Crippen LogP contribution >= 0.6 is 24.0 Å². The molecule has 134 valence electrons. The summed E-state index contributed by atoms with van der Waals surface area (Å²) in [6, 6.07) is 11.7. The summed E-state index contributed by atoms with van der Waals surface area (Å²) in [5.41, 5.74) is 1.88. The average Bonchev–Trinajstić information content (AvgIpc) is 3.23. The van der Waals surface area contributed by atoms with E-state index in [-0.39, 0.29) is 35.9 Å². The Kier molecular flexibility index (Phi) is 7.23. The van der Waals surface area contributed by atoms with Crippen molar-refractivity contribution in [2.45, 2.75) is 25.9 Å². The molecule has 0 radical (unpaired) electrons. The van der Waals surface area contributed by atoms with Crippen LogP contribution in [-0.2, 0) is 11.3 Å². The molecule has 25 heavy (non-hydrogen) atoms. The third kappa shape index (κ3) is 5.18. The van der Waals surface area contributed by atoms with E-state index in [0.717, 1.165) is 17.9 Å². The second-order valence-corrected chi connectivity index (χ2v) is 5.66. The largest absolute Gasteiger partial charge is 0.357 e. The number of guanidine groups is 1. The van der Waals surface area contributed by atoms with Gasteiger partial charge < -0.3 is 15.5 Å². The number of carbonyl (C=O) groups is 1. The maximum absolute atomic E-state index is 12.3. The van der Waals surface area contributed by atoms with E-state index >= 15 is 0 Å². The molecule has 1 aromatic carbocycles. The van der Waals surface area contributed by atoms with Gasteiger partial charge in [-0.05, 0) is 25.1 Å². The van der Waals surface area contributed by atoms with Crippen molar-refractivity contribution in [3.05, 3.63) is 48.3 Å². The van der Waals surface area contributed by atoms with E-state index in [2.05, 4.69) is 25.8 Å². The fourth-order valence-corrected chi connectivity index (χ4v) is 2.71. The van der Waals surface area contributed by atoms with Crippen molar-refractivity contribution in [3.63, 3.8) is 0 Å². The molecule has 2 heterocycles. The molecule has 0 aliphatic carbocycles. The van der Waals surface area contributed by atoms with Gasteiger partial charge in [-0.1, -0.05) is 18.2 Å². The highest BCUT2D eigenvalue weighted by Gasteiger charge is 2.30. The lowest BCUT2D eigenvalue weighted by Crippen LogP contribution is -2.44. The van der Waals surface area contributed by atoms with Gasteiger partial charge >= 0.3 is 0 Å². The van der Waals surface area contributed by atoms with Crippen LogP contribution in [-0.4, -0.2) is 41.2 Å². The molecule has 1 fully saturated rings. The van der Waals surface area contributed by atoms with Gasteiger partial charge in [0.25, 0.3) is 0 Å². The number of nitrogens with one attached hydrogen (secondary N) is 3. The van der Waals surface area contributed by atoms with Crippen molar-refractivity contribution in [3.8, 4) is 0 Å². The predicted octanol–water partition coefficient (Wildman–Crippen LogP) is 1.89. The highest BCUT2D eigenvalue weighted by atomic mass is 127. The molecule has 3 rings (SSSR count). The van der Waals surface area contributed by atoms with Crippen molar-refractivity contribution in [2.24, 2.45) is 4.99 Å². The van der Waals surface area contributed by atoms with Crippen LogP contribution in [0.4, 0.5) is 5.69 Å². The van der Waals surface area contributed by atoms with Gasteiger partial charge in [0.15, 0.2) is 5.96 Å². The number of aromatic nitrogens is 2. The summed E-state index contributed by atoms with van der Waals surface area (Å²) in [6.45, 7) is 3.93. The van der Waals surface area contributed by atoms with Gasteiger partial charge in [-0.3, -0.25) is 9.89 Å². The Morgan fingerprint density at radius 3 is 2.84 bits per heavy atom. The van der Waals surface area contributed by atoms with Gasteiger partial charge in [-0.15, -0.1) is 24.0 Å². The molecule has 2 aromatic rings. The Labute approximate surface area is 164 Å². The Balaban J connectivity index is 0.00000225. The summed E-state index contributed by atoms with van der Waals surface area (Å²) in [7, 11) is 0. The van der Waals surface area contributed by atoms with Gasteiger partial charge in [0, 0.05) is 31.4 Å². The Hall–Kier alpha value is -2.10. The summed E-state index contributed by atoms with van der Waals surface area (Å²) in [5, 5.41) is 13.4. The zero-order valence-electron chi connectivity index (χ0n) is 14.1. The summed E-state index contributed by atoms with van der Waals surface area (Å²) < 4.78 is 0. The standard InChI is InChI=1S/C17H22N6O.HI/c1-2-18-17(19-11-13-8-9-20-22-13)21-14-10-16(24)23(12-14)15-6-4-3-5-7-15;/h3-9,14H,2,10-12H2,1H3,(H,20,22)(H2,18,19,21);1H. The number of halogens is 1. The van der Waals surface area contributed by atoms with E-state index in [9.17, 15) is 4.79 Å². The summed E-state index contributed by atoms with van der Waals surface area (Å²) >= 11 is 0. The maximum atomic E-state index is 12.3. The van der Waals surface area contributed by atoms with Gasteiger partial charge in [-0.25, -0.2) is 4.99 Å². The van der Waals surface area contributed by atoms with Crippen LogP contribution in [0.3, 0.4) is 0 Å². The molecule has 1 aromatic heterocycles. The van der Waals surface area contributed by atoms with Gasteiger partial charge in [0.05, 0.1) is 18.3 Å². The van der Waals surface area contributed by atoms with E-state index < -0.39 is 0 Å². The minimum Gasteiger partial charge on any atom is -0.357 e. The number of aliphatic imine (C=N–C) groups is 1. The number of para-hydroxylation sites is 1. The van der Waals surface area contributed by atoms with Crippen molar-refractivity contribution in [1.29, 1.82) is 0 Å². The molecule has 1 amide bonds. The Morgan fingerprint density at radius 2 is 2.16 bits per heavy atom. The Bertz CT molecular complexity index is 688. The number of amides is 1. The lowest BCUT2D eigenvalue weighted by molar-refractivity contribution is -0.117. The smallest absolute Gasteiger partial charge is 0.229 e. The first-order valence-electron chi connectivity index (χ1n) is 8.14. The average molecular weight is 454 g/mol. The number of benzene rings is 1. The first kappa shape index (κ1) is 19.2.